The monoisotopic (exact) mass is 292 g/mol. The molecule has 0 bridgehead atoms. The Morgan fingerprint density at radius 1 is 1.10 bits per heavy atom. The van der Waals surface area contributed by atoms with Gasteiger partial charge in [0.05, 0.1) is 0 Å². The van der Waals surface area contributed by atoms with Gasteiger partial charge in [-0.05, 0) is 35.9 Å². The van der Waals surface area contributed by atoms with E-state index in [4.69, 9.17) is 9.84 Å². The summed E-state index contributed by atoms with van der Waals surface area (Å²) in [5.74, 6) is 2.08. The van der Waals surface area contributed by atoms with Crippen molar-refractivity contribution in [1.29, 1.82) is 0 Å². The molecule has 2 nitrogen and oxygen atoms in total. The van der Waals surface area contributed by atoms with Gasteiger partial charge in [-0.2, -0.15) is 4.39 Å². The van der Waals surface area contributed by atoms with Crippen LogP contribution in [0.25, 0.3) is 0 Å². The fourth-order valence-corrected chi connectivity index (χ4v) is 1.70. The van der Waals surface area contributed by atoms with E-state index >= 15 is 0 Å². The second-order valence-electron chi connectivity index (χ2n) is 4.15. The molecule has 0 fully saturated rings. The van der Waals surface area contributed by atoms with Crippen LogP contribution in [0.5, 0.6) is 5.75 Å². The Balaban J connectivity index is 2.16. The van der Waals surface area contributed by atoms with Crippen molar-refractivity contribution in [1.82, 2.24) is 0 Å². The maximum absolute atomic E-state index is 13.4. The Labute approximate surface area is 119 Å². The lowest BCUT2D eigenvalue weighted by Crippen LogP contribution is -2.00. The van der Waals surface area contributed by atoms with Crippen molar-refractivity contribution < 1.29 is 23.0 Å². The number of benzene rings is 2. The summed E-state index contributed by atoms with van der Waals surface area (Å²) in [6.07, 6.45) is 0. The molecular formula is C16H11F3O2. The highest BCUT2D eigenvalue weighted by Crippen LogP contribution is 2.20. The van der Waals surface area contributed by atoms with Gasteiger partial charge in [0.25, 0.3) is 0 Å². The Kier molecular flexibility index (Phi) is 4.85. The highest BCUT2D eigenvalue weighted by atomic mass is 19.2. The minimum atomic E-state index is -1.09. The second-order valence-corrected chi connectivity index (χ2v) is 4.15. The van der Waals surface area contributed by atoms with Gasteiger partial charge in [0.1, 0.15) is 19.0 Å². The van der Waals surface area contributed by atoms with Gasteiger partial charge in [-0.15, -0.1) is 0 Å². The van der Waals surface area contributed by atoms with E-state index in [0.29, 0.717) is 11.1 Å². The zero-order valence-electron chi connectivity index (χ0n) is 10.9. The quantitative estimate of drug-likeness (QED) is 0.881. The molecule has 0 aliphatic heterocycles. The minimum absolute atomic E-state index is 0.133. The molecule has 0 unspecified atom stereocenters. The molecule has 2 aromatic carbocycles. The number of halogens is 3. The van der Waals surface area contributed by atoms with Crippen LogP contribution in [-0.4, -0.2) is 11.7 Å². The molecule has 0 aliphatic carbocycles. The van der Waals surface area contributed by atoms with E-state index in [-0.39, 0.29) is 19.0 Å². The fraction of sp³-hybridized carbons (Fsp3) is 0.125. The van der Waals surface area contributed by atoms with Crippen LogP contribution >= 0.6 is 0 Å². The number of ether oxygens (including phenoxy) is 1. The number of hydrogen-bond donors (Lipinski definition) is 1. The van der Waals surface area contributed by atoms with Crippen molar-refractivity contribution in [2.24, 2.45) is 0 Å². The first kappa shape index (κ1) is 14.9. The van der Waals surface area contributed by atoms with Crippen LogP contribution in [0.15, 0.2) is 36.4 Å². The molecule has 0 aliphatic rings. The molecular weight excluding hydrogens is 281 g/mol. The van der Waals surface area contributed by atoms with Crippen molar-refractivity contribution in [2.75, 3.05) is 6.61 Å². The summed E-state index contributed by atoms with van der Waals surface area (Å²) in [7, 11) is 0. The predicted molar refractivity (Wildman–Crippen MR) is 71.1 cm³/mol. The maximum Gasteiger partial charge on any atom is 0.200 e. The van der Waals surface area contributed by atoms with Gasteiger partial charge in [0.2, 0.25) is 5.82 Å². The summed E-state index contributed by atoms with van der Waals surface area (Å²) in [5.41, 5.74) is 0.781. The summed E-state index contributed by atoms with van der Waals surface area (Å²) < 4.78 is 45.0. The SMILES string of the molecule is OCC#Cc1cc(F)cc(COc2cccc(F)c2F)c1. The second kappa shape index (κ2) is 6.82. The zero-order chi connectivity index (χ0) is 15.2. The van der Waals surface area contributed by atoms with E-state index in [1.165, 1.54) is 24.3 Å². The molecule has 2 rings (SSSR count). The van der Waals surface area contributed by atoms with Gasteiger partial charge in [0, 0.05) is 5.56 Å². The van der Waals surface area contributed by atoms with Gasteiger partial charge in [0.15, 0.2) is 11.6 Å². The Bertz CT molecular complexity index is 702. The molecule has 0 saturated carbocycles. The zero-order valence-corrected chi connectivity index (χ0v) is 10.9. The number of rotatable bonds is 3. The molecule has 0 spiro atoms. The first-order valence-electron chi connectivity index (χ1n) is 6.06. The molecule has 1 N–H and O–H groups in total. The third-order valence-electron chi connectivity index (χ3n) is 2.58. The van der Waals surface area contributed by atoms with Crippen LogP contribution in [0.3, 0.4) is 0 Å². The minimum Gasteiger partial charge on any atom is -0.486 e. The topological polar surface area (TPSA) is 29.5 Å². The lowest BCUT2D eigenvalue weighted by atomic mass is 10.1. The summed E-state index contributed by atoms with van der Waals surface area (Å²) in [5, 5.41) is 8.61. The lowest BCUT2D eigenvalue weighted by Gasteiger charge is -2.08. The number of aliphatic hydroxyl groups excluding tert-OH is 1. The van der Waals surface area contributed by atoms with E-state index in [2.05, 4.69) is 11.8 Å². The molecule has 21 heavy (non-hydrogen) atoms. The summed E-state index contributed by atoms with van der Waals surface area (Å²) in [4.78, 5) is 0. The largest absolute Gasteiger partial charge is 0.486 e. The van der Waals surface area contributed by atoms with Gasteiger partial charge in [-0.1, -0.05) is 17.9 Å². The molecule has 2 aromatic rings. The summed E-state index contributed by atoms with van der Waals surface area (Å²) >= 11 is 0. The first-order valence-corrected chi connectivity index (χ1v) is 6.06. The average molecular weight is 292 g/mol. The van der Waals surface area contributed by atoms with Crippen molar-refractivity contribution in [2.45, 2.75) is 6.61 Å². The summed E-state index contributed by atoms with van der Waals surface area (Å²) in [6, 6.07) is 7.54. The Morgan fingerprint density at radius 2 is 1.90 bits per heavy atom. The smallest absolute Gasteiger partial charge is 0.200 e. The molecule has 108 valence electrons. The van der Waals surface area contributed by atoms with Crippen LogP contribution in [0, 0.1) is 29.3 Å². The highest BCUT2D eigenvalue weighted by molar-refractivity contribution is 5.38. The van der Waals surface area contributed by atoms with Gasteiger partial charge in [-0.3, -0.25) is 0 Å². The predicted octanol–water partition coefficient (Wildman–Crippen LogP) is 3.03. The molecule has 0 saturated heterocycles. The maximum atomic E-state index is 13.4. The van der Waals surface area contributed by atoms with Crippen LogP contribution in [-0.2, 0) is 6.61 Å². The van der Waals surface area contributed by atoms with Crippen LogP contribution in [0.4, 0.5) is 13.2 Å². The lowest BCUT2D eigenvalue weighted by molar-refractivity contribution is 0.284. The van der Waals surface area contributed by atoms with E-state index in [0.717, 1.165) is 6.07 Å². The molecule has 0 radical (unpaired) electrons. The van der Waals surface area contributed by atoms with E-state index in [1.54, 1.807) is 6.07 Å². The van der Waals surface area contributed by atoms with Crippen LogP contribution in [0.1, 0.15) is 11.1 Å². The van der Waals surface area contributed by atoms with Crippen molar-refractivity contribution in [3.05, 3.63) is 65.0 Å². The summed E-state index contributed by atoms with van der Waals surface area (Å²) in [6.45, 7) is -0.469. The van der Waals surface area contributed by atoms with Gasteiger partial charge >= 0.3 is 0 Å². The number of hydrogen-bond acceptors (Lipinski definition) is 2. The third kappa shape index (κ3) is 4.01. The van der Waals surface area contributed by atoms with Crippen molar-refractivity contribution in [3.8, 4) is 17.6 Å². The van der Waals surface area contributed by atoms with E-state index < -0.39 is 17.5 Å². The first-order chi connectivity index (χ1) is 10.1. The van der Waals surface area contributed by atoms with Crippen LogP contribution in [0.2, 0.25) is 0 Å². The van der Waals surface area contributed by atoms with E-state index in [9.17, 15) is 13.2 Å². The molecule has 0 heterocycles. The van der Waals surface area contributed by atoms with Crippen LogP contribution < -0.4 is 4.74 Å². The third-order valence-corrected chi connectivity index (χ3v) is 2.58. The molecule has 0 amide bonds. The Hall–Kier alpha value is -2.45. The standard InChI is InChI=1S/C16H11F3O2/c17-13-8-11(3-2-6-20)7-12(9-13)10-21-15-5-1-4-14(18)16(15)19/h1,4-5,7-9,20H,6,10H2. The highest BCUT2D eigenvalue weighted by Gasteiger charge is 2.09. The molecule has 5 heteroatoms. The molecule has 0 atom stereocenters. The van der Waals surface area contributed by atoms with E-state index in [1.807, 2.05) is 0 Å². The average Bonchev–Trinajstić information content (AvgIpc) is 2.46. The fourth-order valence-electron chi connectivity index (χ4n) is 1.70. The van der Waals surface area contributed by atoms with Gasteiger partial charge < -0.3 is 9.84 Å². The van der Waals surface area contributed by atoms with Gasteiger partial charge in [-0.25, -0.2) is 8.78 Å². The molecule has 0 aromatic heterocycles. The number of aliphatic hydroxyl groups is 1. The normalized spacial score (nSPS) is 9.90. The van der Waals surface area contributed by atoms with Crippen molar-refractivity contribution in [3.63, 3.8) is 0 Å². The van der Waals surface area contributed by atoms with Crippen molar-refractivity contribution >= 4 is 0 Å². The Morgan fingerprint density at radius 3 is 2.67 bits per heavy atom.